The van der Waals surface area contributed by atoms with Crippen molar-refractivity contribution in [3.05, 3.63) is 78.4 Å². The van der Waals surface area contributed by atoms with Crippen molar-refractivity contribution in [1.29, 1.82) is 0 Å². The molecule has 0 aliphatic carbocycles. The molecule has 0 aliphatic rings. The van der Waals surface area contributed by atoms with Crippen LogP contribution in [0.15, 0.2) is 67.3 Å². The molecule has 9 heteroatoms. The van der Waals surface area contributed by atoms with Crippen LogP contribution in [0.4, 0.5) is 19.0 Å². The van der Waals surface area contributed by atoms with Gasteiger partial charge in [0.05, 0.1) is 22.8 Å². The maximum absolute atomic E-state index is 13.4. The Kier molecular flexibility index (Phi) is 4.58. The van der Waals surface area contributed by atoms with E-state index in [0.717, 1.165) is 23.4 Å². The summed E-state index contributed by atoms with van der Waals surface area (Å²) in [6, 6.07) is 13.4. The first-order valence-electron chi connectivity index (χ1n) is 9.66. The first kappa shape index (κ1) is 19.1. The molecule has 0 bridgehead atoms. The van der Waals surface area contributed by atoms with Gasteiger partial charge >= 0.3 is 6.18 Å². The Balaban J connectivity index is 1.43. The van der Waals surface area contributed by atoms with E-state index in [9.17, 15) is 13.2 Å². The summed E-state index contributed by atoms with van der Waals surface area (Å²) in [7, 11) is 0. The van der Waals surface area contributed by atoms with Crippen molar-refractivity contribution in [3.8, 4) is 5.69 Å². The Labute approximate surface area is 174 Å². The zero-order valence-corrected chi connectivity index (χ0v) is 16.2. The van der Waals surface area contributed by atoms with E-state index >= 15 is 0 Å². The highest BCUT2D eigenvalue weighted by Crippen LogP contribution is 2.34. The molecule has 0 amide bonds. The molecule has 0 spiro atoms. The van der Waals surface area contributed by atoms with Crippen LogP contribution in [-0.2, 0) is 12.6 Å². The quantitative estimate of drug-likeness (QED) is 0.420. The van der Waals surface area contributed by atoms with Crippen LogP contribution in [-0.4, -0.2) is 31.3 Å². The number of alkyl halides is 3. The minimum absolute atomic E-state index is 0.0755. The van der Waals surface area contributed by atoms with Crippen molar-refractivity contribution < 1.29 is 13.2 Å². The van der Waals surface area contributed by atoms with Crippen LogP contribution < -0.4 is 5.32 Å². The standard InChI is InChI=1S/C22H17F3N6/c23-22(24,25)17-6-2-4-8-19(17)31-21-16(12-30-31)20(28-13-29-21)26-10-9-14-11-27-18-7-3-1-5-15(14)18/h1-8,11-13,27H,9-10H2,(H,26,28,29). The summed E-state index contributed by atoms with van der Waals surface area (Å²) in [5.74, 6) is 0.528. The van der Waals surface area contributed by atoms with Crippen LogP contribution in [0, 0.1) is 0 Å². The van der Waals surface area contributed by atoms with Gasteiger partial charge in [0, 0.05) is 23.6 Å². The molecule has 0 radical (unpaired) electrons. The lowest BCUT2D eigenvalue weighted by Crippen LogP contribution is -2.12. The van der Waals surface area contributed by atoms with Gasteiger partial charge in [-0.25, -0.2) is 14.6 Å². The minimum atomic E-state index is -4.50. The van der Waals surface area contributed by atoms with E-state index in [2.05, 4.69) is 31.4 Å². The first-order chi connectivity index (χ1) is 15.0. The van der Waals surface area contributed by atoms with E-state index in [1.54, 1.807) is 6.07 Å². The van der Waals surface area contributed by atoms with Crippen LogP contribution >= 0.6 is 0 Å². The second-order valence-corrected chi connectivity index (χ2v) is 7.07. The number of H-pyrrole nitrogens is 1. The van der Waals surface area contributed by atoms with Gasteiger partial charge < -0.3 is 10.3 Å². The fraction of sp³-hybridized carbons (Fsp3) is 0.136. The molecule has 0 atom stereocenters. The molecule has 0 unspecified atom stereocenters. The second-order valence-electron chi connectivity index (χ2n) is 7.07. The number of aromatic nitrogens is 5. The molecular weight excluding hydrogens is 405 g/mol. The third kappa shape index (κ3) is 3.48. The minimum Gasteiger partial charge on any atom is -0.369 e. The van der Waals surface area contributed by atoms with E-state index in [-0.39, 0.29) is 5.69 Å². The normalized spacial score (nSPS) is 12.0. The van der Waals surface area contributed by atoms with E-state index < -0.39 is 11.7 Å². The number of rotatable bonds is 5. The predicted molar refractivity (Wildman–Crippen MR) is 112 cm³/mol. The molecule has 5 aromatic rings. The Morgan fingerprint density at radius 3 is 2.65 bits per heavy atom. The average molecular weight is 422 g/mol. The highest BCUT2D eigenvalue weighted by molar-refractivity contribution is 5.87. The maximum atomic E-state index is 13.4. The van der Waals surface area contributed by atoms with Crippen LogP contribution in [0.25, 0.3) is 27.6 Å². The molecular formula is C22H17F3N6. The van der Waals surface area contributed by atoms with Crippen molar-refractivity contribution >= 4 is 27.8 Å². The molecule has 31 heavy (non-hydrogen) atoms. The summed E-state index contributed by atoms with van der Waals surface area (Å²) in [4.78, 5) is 11.7. The van der Waals surface area contributed by atoms with Gasteiger partial charge in [-0.05, 0) is 30.2 Å². The molecule has 3 aromatic heterocycles. The van der Waals surface area contributed by atoms with Crippen LogP contribution in [0.2, 0.25) is 0 Å². The molecule has 0 aliphatic heterocycles. The summed E-state index contributed by atoms with van der Waals surface area (Å²) < 4.78 is 41.5. The number of benzene rings is 2. The number of fused-ring (bicyclic) bond motifs is 2. The highest BCUT2D eigenvalue weighted by atomic mass is 19.4. The molecule has 0 saturated heterocycles. The number of hydrogen-bond donors (Lipinski definition) is 2. The van der Waals surface area contributed by atoms with Crippen LogP contribution in [0.1, 0.15) is 11.1 Å². The molecule has 5 rings (SSSR count). The van der Waals surface area contributed by atoms with Gasteiger partial charge in [0.2, 0.25) is 0 Å². The average Bonchev–Trinajstić information content (AvgIpc) is 3.38. The molecule has 156 valence electrons. The molecule has 0 fully saturated rings. The van der Waals surface area contributed by atoms with Gasteiger partial charge in [0.25, 0.3) is 0 Å². The second kappa shape index (κ2) is 7.42. The van der Waals surface area contributed by atoms with E-state index in [1.807, 2.05) is 24.4 Å². The SMILES string of the molecule is FC(F)(F)c1ccccc1-n1ncc2c(NCCc3c[nH]c4ccccc34)ncnc21. The molecule has 3 heterocycles. The summed E-state index contributed by atoms with van der Waals surface area (Å²) in [6.07, 6.45) is 1.04. The van der Waals surface area contributed by atoms with Gasteiger partial charge in [-0.2, -0.15) is 18.3 Å². The summed E-state index contributed by atoms with van der Waals surface area (Å²) in [5, 5.41) is 9.14. The number of hydrogen-bond acceptors (Lipinski definition) is 4. The van der Waals surface area contributed by atoms with Gasteiger partial charge in [-0.15, -0.1) is 0 Å². The number of para-hydroxylation sites is 2. The lowest BCUT2D eigenvalue weighted by atomic mass is 10.1. The smallest absolute Gasteiger partial charge is 0.369 e. The van der Waals surface area contributed by atoms with Gasteiger partial charge in [-0.3, -0.25) is 0 Å². The predicted octanol–water partition coefficient (Wildman–Crippen LogP) is 4.97. The third-order valence-corrected chi connectivity index (χ3v) is 5.17. The topological polar surface area (TPSA) is 71.4 Å². The summed E-state index contributed by atoms with van der Waals surface area (Å²) in [5.41, 5.74) is 1.71. The fourth-order valence-corrected chi connectivity index (χ4v) is 3.71. The molecule has 2 aromatic carbocycles. The Bertz CT molecular complexity index is 1370. The molecule has 2 N–H and O–H groups in total. The zero-order chi connectivity index (χ0) is 21.4. The lowest BCUT2D eigenvalue weighted by molar-refractivity contribution is -0.137. The van der Waals surface area contributed by atoms with E-state index in [1.165, 1.54) is 34.9 Å². The maximum Gasteiger partial charge on any atom is 0.418 e. The highest BCUT2D eigenvalue weighted by Gasteiger charge is 2.34. The van der Waals surface area contributed by atoms with Gasteiger partial charge in [0.1, 0.15) is 12.1 Å². The molecule has 0 saturated carbocycles. The van der Waals surface area contributed by atoms with Crippen LogP contribution in [0.3, 0.4) is 0 Å². The van der Waals surface area contributed by atoms with Gasteiger partial charge in [0.15, 0.2) is 5.65 Å². The molecule has 6 nitrogen and oxygen atoms in total. The van der Waals surface area contributed by atoms with E-state index in [4.69, 9.17) is 0 Å². The first-order valence-corrected chi connectivity index (χ1v) is 9.66. The van der Waals surface area contributed by atoms with Crippen molar-refractivity contribution in [1.82, 2.24) is 24.7 Å². The lowest BCUT2D eigenvalue weighted by Gasteiger charge is -2.13. The number of halogens is 3. The van der Waals surface area contributed by atoms with Gasteiger partial charge in [-0.1, -0.05) is 30.3 Å². The van der Waals surface area contributed by atoms with Crippen molar-refractivity contribution in [2.75, 3.05) is 11.9 Å². The summed E-state index contributed by atoms with van der Waals surface area (Å²) >= 11 is 0. The number of nitrogens with zero attached hydrogens (tertiary/aromatic N) is 4. The third-order valence-electron chi connectivity index (χ3n) is 5.17. The number of anilines is 1. The fourth-order valence-electron chi connectivity index (χ4n) is 3.71. The largest absolute Gasteiger partial charge is 0.418 e. The van der Waals surface area contributed by atoms with Crippen LogP contribution in [0.5, 0.6) is 0 Å². The summed E-state index contributed by atoms with van der Waals surface area (Å²) in [6.45, 7) is 0.596. The number of aromatic amines is 1. The zero-order valence-electron chi connectivity index (χ0n) is 16.2. The number of nitrogens with one attached hydrogen (secondary N) is 2. The monoisotopic (exact) mass is 422 g/mol. The Morgan fingerprint density at radius 2 is 1.77 bits per heavy atom. The Morgan fingerprint density at radius 1 is 0.968 bits per heavy atom. The Hall–Kier alpha value is -3.88. The van der Waals surface area contributed by atoms with Crippen molar-refractivity contribution in [2.45, 2.75) is 12.6 Å². The van der Waals surface area contributed by atoms with Crippen molar-refractivity contribution in [2.24, 2.45) is 0 Å². The van der Waals surface area contributed by atoms with Crippen molar-refractivity contribution in [3.63, 3.8) is 0 Å². The van der Waals surface area contributed by atoms with E-state index in [0.29, 0.717) is 23.4 Å².